The van der Waals surface area contributed by atoms with E-state index in [-0.39, 0.29) is 51.2 Å². The minimum atomic E-state index is -1.49. The standard InChI is InChI=1S/C15H27NO3Si.C12H19NO3.C10H17NO3.C7H11NO.C5H10Si.19H2/c1-14(2,3)19-13(17)16-10-7-15(18,8-11-16)9-12-20(4,5)6;1-5-12(15)6-8-13(9-7-12)10(14)16-11(2,3)4;1-10(2,3)14-9(13)11-6-4-8(12)5-7-11;1-2-7(9)3-5-8-6-4-7;1-5-6(2,3)4;;;;;;;;;;;;;;;;;;;/h18H,7-8,10-11H2,1-6H3;1,15H,6-9H2,2-4H3;4-7H2,1-3H3;1,8-9H,3-6H2;1H,2-4H3;19*1H. The van der Waals surface area contributed by atoms with E-state index in [1.807, 2.05) is 62.3 Å². The lowest BCUT2D eigenvalue weighted by Crippen LogP contribution is -2.47. The van der Waals surface area contributed by atoms with Crippen molar-refractivity contribution in [2.45, 2.75) is 187 Å². The molecule has 0 spiro atoms. The van der Waals surface area contributed by atoms with Gasteiger partial charge in [-0.2, -0.15) is 0 Å². The molecule has 4 fully saturated rings. The van der Waals surface area contributed by atoms with E-state index < -0.39 is 49.8 Å². The second-order valence-corrected chi connectivity index (χ2v) is 31.5. The second-order valence-electron chi connectivity index (χ2n) is 22.0. The third-order valence-electron chi connectivity index (χ3n) is 9.53. The van der Waals surface area contributed by atoms with Gasteiger partial charge in [0, 0.05) is 105 Å². The van der Waals surface area contributed by atoms with Crippen LogP contribution in [0.25, 0.3) is 0 Å². The largest absolute Gasteiger partial charge is 0.444 e. The third kappa shape index (κ3) is 29.3. The van der Waals surface area contributed by atoms with Gasteiger partial charge in [0.2, 0.25) is 0 Å². The van der Waals surface area contributed by atoms with Crippen molar-refractivity contribution in [1.82, 2.24) is 20.0 Å². The first-order chi connectivity index (χ1) is 29.4. The molecule has 0 unspecified atom stereocenters. The van der Waals surface area contributed by atoms with Gasteiger partial charge in [-0.25, -0.2) is 14.4 Å². The Bertz CT molecular complexity index is 1790. The van der Waals surface area contributed by atoms with Crippen molar-refractivity contribution in [3.05, 3.63) is 0 Å². The minimum Gasteiger partial charge on any atom is -0.444 e. The van der Waals surface area contributed by atoms with Gasteiger partial charge in [-0.15, -0.1) is 30.4 Å². The highest BCUT2D eigenvalue weighted by molar-refractivity contribution is 6.84. The molecule has 16 heteroatoms. The summed E-state index contributed by atoms with van der Waals surface area (Å²) in [7, 11) is -2.59. The minimum absolute atomic E-state index is 0. The molecule has 0 bridgehead atoms. The second kappa shape index (κ2) is 25.8. The Morgan fingerprint density at radius 2 is 0.862 bits per heavy atom. The zero-order chi connectivity index (χ0) is 50.7. The molecule has 406 valence electrons. The van der Waals surface area contributed by atoms with Crippen LogP contribution in [-0.4, -0.2) is 156 Å². The number of nitrogens with one attached hydrogen (secondary N) is 1. The lowest BCUT2D eigenvalue weighted by atomic mass is 9.93. The van der Waals surface area contributed by atoms with Crippen molar-refractivity contribution in [2.75, 3.05) is 52.4 Å². The van der Waals surface area contributed by atoms with E-state index in [1.165, 1.54) is 0 Å². The van der Waals surface area contributed by atoms with E-state index in [1.54, 1.807) is 14.7 Å². The highest BCUT2D eigenvalue weighted by atomic mass is 28.3. The molecule has 0 aromatic carbocycles. The number of terminal acetylenes is 3. The summed E-state index contributed by atoms with van der Waals surface area (Å²) in [5.41, 5.74) is 1.71. The van der Waals surface area contributed by atoms with Crippen LogP contribution in [0.15, 0.2) is 0 Å². The smallest absolute Gasteiger partial charge is 0.410 e. The van der Waals surface area contributed by atoms with Crippen molar-refractivity contribution < 1.29 is 75.8 Å². The molecule has 4 aliphatic rings. The highest BCUT2D eigenvalue weighted by Crippen LogP contribution is 2.25. The van der Waals surface area contributed by atoms with E-state index in [4.69, 9.17) is 33.5 Å². The Morgan fingerprint density at radius 3 is 1.12 bits per heavy atom. The maximum absolute atomic E-state index is 11.9. The van der Waals surface area contributed by atoms with Crippen LogP contribution in [0.1, 0.15) is 141 Å². The van der Waals surface area contributed by atoms with Gasteiger partial charge in [0.25, 0.3) is 0 Å². The molecule has 4 aliphatic heterocycles. The average molecular weight is 984 g/mol. The fourth-order valence-electron chi connectivity index (χ4n) is 5.59. The van der Waals surface area contributed by atoms with Crippen molar-refractivity contribution in [2.24, 2.45) is 0 Å². The van der Waals surface area contributed by atoms with E-state index >= 15 is 0 Å². The van der Waals surface area contributed by atoms with Gasteiger partial charge in [0.15, 0.2) is 0 Å². The Hall–Kier alpha value is -4.01. The van der Waals surface area contributed by atoms with E-state index in [9.17, 15) is 34.5 Å². The van der Waals surface area contributed by atoms with Crippen LogP contribution < -0.4 is 5.32 Å². The monoisotopic (exact) mass is 983 g/mol. The molecule has 0 atom stereocenters. The fourth-order valence-corrected chi connectivity index (χ4v) is 6.20. The first-order valence-electron chi connectivity index (χ1n) is 22.7. The number of amides is 3. The highest BCUT2D eigenvalue weighted by Gasteiger charge is 2.35. The molecule has 4 heterocycles. The number of nitrogens with zero attached hydrogens (tertiary/aromatic N) is 3. The van der Waals surface area contributed by atoms with Crippen LogP contribution in [-0.2, 0) is 19.0 Å². The quantitative estimate of drug-likeness (QED) is 0.103. The van der Waals surface area contributed by atoms with Gasteiger partial charge in [0.1, 0.15) is 55.5 Å². The Morgan fingerprint density at radius 1 is 0.569 bits per heavy atom. The summed E-state index contributed by atoms with van der Waals surface area (Å²) < 4.78 is 15.8. The van der Waals surface area contributed by atoms with Crippen LogP contribution in [0.2, 0.25) is 39.3 Å². The topological polar surface area (TPSA) is 178 Å². The Kier molecular flexibility index (Phi) is 24.2. The summed E-state index contributed by atoms with van der Waals surface area (Å²) in [6, 6.07) is 0. The van der Waals surface area contributed by atoms with Gasteiger partial charge < -0.3 is 49.5 Å². The summed E-state index contributed by atoms with van der Waals surface area (Å²) in [6.07, 6.45) is 18.6. The number of hydrogen-bond donors (Lipinski definition) is 4. The van der Waals surface area contributed by atoms with Crippen molar-refractivity contribution in [3.63, 3.8) is 0 Å². The normalized spacial score (nSPS) is 19.1. The van der Waals surface area contributed by atoms with Gasteiger partial charge in [0.05, 0.1) is 0 Å². The van der Waals surface area contributed by atoms with Gasteiger partial charge >= 0.3 is 18.3 Å². The summed E-state index contributed by atoms with van der Waals surface area (Å²) in [5, 5.41) is 32.8. The number of carbonyl (C=O) groups is 4. The van der Waals surface area contributed by atoms with Crippen molar-refractivity contribution in [1.29, 1.82) is 0 Å². The molecule has 4 rings (SSSR count). The number of likely N-dealkylation sites (tertiary alicyclic amines) is 3. The SMILES string of the molecule is C#CC1(O)CCN(C(=O)OC(C)(C)C)CC1.C#CC1(O)CCNCC1.C#C[Si](C)(C)C.CC(C)(C)OC(=O)N1CCC(=O)CC1.CC(C)(C)OC(=O)N1CCC(O)(C#C[Si](C)(C)C)CC1.[HH].[HH].[HH].[HH].[HH].[HH].[HH].[HH].[HH].[HH].[HH].[HH].[HH].[HH].[HH].[HH].[HH].[HH].[HH]. The lowest BCUT2D eigenvalue weighted by molar-refractivity contribution is -0.121. The predicted molar refractivity (Wildman–Crippen MR) is 304 cm³/mol. The number of hydrogen-bond acceptors (Lipinski definition) is 11. The lowest BCUT2D eigenvalue weighted by Gasteiger charge is -2.36. The third-order valence-corrected chi connectivity index (χ3v) is 11.3. The summed E-state index contributed by atoms with van der Waals surface area (Å²) in [5.74, 6) is 8.02. The van der Waals surface area contributed by atoms with Gasteiger partial charge in [-0.05, 0) is 88.2 Å². The molecule has 0 aromatic rings. The number of ketones is 1. The number of rotatable bonds is 0. The zero-order valence-corrected chi connectivity index (χ0v) is 44.6. The van der Waals surface area contributed by atoms with Crippen molar-refractivity contribution in [3.8, 4) is 48.1 Å². The number of Topliss-reactive ketones (excluding diaryl/α,β-unsaturated/α-hetero) is 1. The number of piperidine rings is 4. The maximum atomic E-state index is 11.9. The van der Waals surface area contributed by atoms with Crippen LogP contribution >= 0.6 is 0 Å². The average Bonchev–Trinajstić information content (AvgIpc) is 3.17. The number of ether oxygens (including phenoxy) is 3. The molecule has 4 saturated heterocycles. The fraction of sp³-hybridized carbons (Fsp3) is 0.755. The first kappa shape index (κ1) is 61.0. The van der Waals surface area contributed by atoms with E-state index in [0.29, 0.717) is 90.6 Å². The molecule has 0 saturated carbocycles. The summed E-state index contributed by atoms with van der Waals surface area (Å²) in [4.78, 5) is 50.9. The molecule has 0 aliphatic carbocycles. The zero-order valence-electron chi connectivity index (χ0n) is 42.6. The molecular weight excluding hydrogens is 861 g/mol. The molecule has 0 radical (unpaired) electrons. The maximum Gasteiger partial charge on any atom is 0.410 e. The van der Waals surface area contributed by atoms with Crippen molar-refractivity contribution >= 4 is 40.2 Å². The van der Waals surface area contributed by atoms with E-state index in [0.717, 1.165) is 13.1 Å². The molecular formula is C49H122N4O10Si2. The first-order valence-corrected chi connectivity index (χ1v) is 29.7. The Balaban J connectivity index is -0.0000000331. The number of carbonyl (C=O) groups excluding carboxylic acids is 4. The number of aliphatic hydroxyl groups is 3. The molecule has 65 heavy (non-hydrogen) atoms. The van der Waals surface area contributed by atoms with Gasteiger partial charge in [-0.1, -0.05) is 57.0 Å². The molecule has 14 nitrogen and oxygen atoms in total. The molecule has 0 aromatic heterocycles. The van der Waals surface area contributed by atoms with E-state index in [2.05, 4.69) is 73.4 Å². The summed E-state index contributed by atoms with van der Waals surface area (Å²) in [6.45, 7) is 33.9. The molecule has 3 amide bonds. The summed E-state index contributed by atoms with van der Waals surface area (Å²) >= 11 is 0. The van der Waals surface area contributed by atoms with Crippen LogP contribution in [0.4, 0.5) is 14.4 Å². The van der Waals surface area contributed by atoms with Crippen LogP contribution in [0.3, 0.4) is 0 Å². The molecule has 4 N–H and O–H groups in total. The van der Waals surface area contributed by atoms with Gasteiger partial charge in [-0.3, -0.25) is 4.79 Å². The Labute approximate surface area is 422 Å². The van der Waals surface area contributed by atoms with Crippen LogP contribution in [0.5, 0.6) is 0 Å². The predicted octanol–water partition coefficient (Wildman–Crippen LogP) is 11.5. The van der Waals surface area contributed by atoms with Crippen LogP contribution in [0, 0.1) is 48.1 Å².